The van der Waals surface area contributed by atoms with E-state index in [4.69, 9.17) is 15.6 Å². The number of nitrogens with one attached hydrogen (secondary N) is 1. The molecule has 1 heterocycles. The molecule has 0 aliphatic heterocycles. The molecular weight excluding hydrogens is 246 g/mol. The van der Waals surface area contributed by atoms with Gasteiger partial charge in [0, 0.05) is 25.9 Å². The Labute approximate surface area is 113 Å². The standard InChI is InChI=1S/C13H23N3O3/c1-2-5-16-10-11(14)9-12(16)13(18)15-4-3-7-19-8-6-17/h9-10,17H,2-8,14H2,1H3,(H,15,18). The molecule has 0 saturated heterocycles. The Kier molecular flexibility index (Phi) is 6.99. The highest BCUT2D eigenvalue weighted by molar-refractivity contribution is 5.93. The lowest BCUT2D eigenvalue weighted by Gasteiger charge is -2.08. The fraction of sp³-hybridized carbons (Fsp3) is 0.615. The predicted molar refractivity (Wildman–Crippen MR) is 74.0 cm³/mol. The van der Waals surface area contributed by atoms with Crippen molar-refractivity contribution < 1.29 is 14.6 Å². The van der Waals surface area contributed by atoms with E-state index in [0.717, 1.165) is 19.4 Å². The monoisotopic (exact) mass is 269 g/mol. The third kappa shape index (κ3) is 5.32. The maximum atomic E-state index is 12.0. The third-order valence-corrected chi connectivity index (χ3v) is 2.60. The van der Waals surface area contributed by atoms with Gasteiger partial charge >= 0.3 is 0 Å². The number of carbonyl (C=O) groups is 1. The van der Waals surface area contributed by atoms with Gasteiger partial charge in [-0.1, -0.05) is 6.92 Å². The van der Waals surface area contributed by atoms with Crippen LogP contribution in [0.5, 0.6) is 0 Å². The average molecular weight is 269 g/mol. The first kappa shape index (κ1) is 15.5. The lowest BCUT2D eigenvalue weighted by atomic mass is 10.3. The Morgan fingerprint density at radius 1 is 1.53 bits per heavy atom. The zero-order valence-corrected chi connectivity index (χ0v) is 11.4. The second kappa shape index (κ2) is 8.55. The Morgan fingerprint density at radius 3 is 3.00 bits per heavy atom. The smallest absolute Gasteiger partial charge is 0.267 e. The molecule has 6 heteroatoms. The molecule has 108 valence electrons. The molecule has 6 nitrogen and oxygen atoms in total. The van der Waals surface area contributed by atoms with Crippen molar-refractivity contribution in [2.75, 3.05) is 32.1 Å². The number of hydrogen-bond donors (Lipinski definition) is 3. The molecule has 1 amide bonds. The SMILES string of the molecule is CCCn1cc(N)cc1C(=O)NCCCOCCO. The van der Waals surface area contributed by atoms with E-state index in [1.165, 1.54) is 0 Å². The van der Waals surface area contributed by atoms with E-state index < -0.39 is 0 Å². The van der Waals surface area contributed by atoms with E-state index in [2.05, 4.69) is 12.2 Å². The summed E-state index contributed by atoms with van der Waals surface area (Å²) in [4.78, 5) is 12.0. The van der Waals surface area contributed by atoms with E-state index >= 15 is 0 Å². The fourth-order valence-electron chi connectivity index (χ4n) is 1.78. The molecule has 0 radical (unpaired) electrons. The maximum Gasteiger partial charge on any atom is 0.267 e. The highest BCUT2D eigenvalue weighted by Gasteiger charge is 2.11. The van der Waals surface area contributed by atoms with Crippen LogP contribution in [0.15, 0.2) is 12.3 Å². The van der Waals surface area contributed by atoms with Gasteiger partial charge in [-0.15, -0.1) is 0 Å². The Hall–Kier alpha value is -1.53. The van der Waals surface area contributed by atoms with E-state index in [1.807, 2.05) is 4.57 Å². The van der Waals surface area contributed by atoms with Crippen molar-refractivity contribution in [3.63, 3.8) is 0 Å². The summed E-state index contributed by atoms with van der Waals surface area (Å²) in [6.07, 6.45) is 3.45. The molecule has 19 heavy (non-hydrogen) atoms. The van der Waals surface area contributed by atoms with E-state index in [0.29, 0.717) is 31.1 Å². The highest BCUT2D eigenvalue weighted by Crippen LogP contribution is 2.11. The maximum absolute atomic E-state index is 12.0. The van der Waals surface area contributed by atoms with Crippen molar-refractivity contribution in [2.45, 2.75) is 26.3 Å². The predicted octanol–water partition coefficient (Wildman–Crippen LogP) is 0.609. The zero-order chi connectivity index (χ0) is 14.1. The van der Waals surface area contributed by atoms with E-state index in [1.54, 1.807) is 12.3 Å². The molecule has 1 aromatic heterocycles. The Balaban J connectivity index is 2.36. The van der Waals surface area contributed by atoms with Gasteiger partial charge in [0.25, 0.3) is 5.91 Å². The fourth-order valence-corrected chi connectivity index (χ4v) is 1.78. The van der Waals surface area contributed by atoms with Crippen molar-refractivity contribution in [3.8, 4) is 0 Å². The molecule has 0 spiro atoms. The topological polar surface area (TPSA) is 89.5 Å². The lowest BCUT2D eigenvalue weighted by molar-refractivity contribution is 0.0864. The van der Waals surface area contributed by atoms with Crippen molar-refractivity contribution in [3.05, 3.63) is 18.0 Å². The number of aliphatic hydroxyl groups excluding tert-OH is 1. The third-order valence-electron chi connectivity index (χ3n) is 2.60. The molecule has 0 unspecified atom stereocenters. The number of aryl methyl sites for hydroxylation is 1. The van der Waals surface area contributed by atoms with E-state index in [9.17, 15) is 4.79 Å². The molecule has 0 fully saturated rings. The summed E-state index contributed by atoms with van der Waals surface area (Å²) >= 11 is 0. The molecule has 4 N–H and O–H groups in total. The molecule has 0 aliphatic carbocycles. The largest absolute Gasteiger partial charge is 0.397 e. The van der Waals surface area contributed by atoms with Gasteiger partial charge in [-0.05, 0) is 18.9 Å². The van der Waals surface area contributed by atoms with Crippen molar-refractivity contribution in [1.82, 2.24) is 9.88 Å². The van der Waals surface area contributed by atoms with Crippen LogP contribution in [0.3, 0.4) is 0 Å². The minimum Gasteiger partial charge on any atom is -0.397 e. The van der Waals surface area contributed by atoms with Gasteiger partial charge in [0.05, 0.1) is 18.9 Å². The number of nitrogens with two attached hydrogens (primary N) is 1. The van der Waals surface area contributed by atoms with Crippen molar-refractivity contribution in [2.24, 2.45) is 0 Å². The summed E-state index contributed by atoms with van der Waals surface area (Å²) in [5.74, 6) is -0.118. The molecule has 1 rings (SSSR count). The zero-order valence-electron chi connectivity index (χ0n) is 11.4. The summed E-state index contributed by atoms with van der Waals surface area (Å²) in [5, 5.41) is 11.4. The molecule has 0 atom stereocenters. The van der Waals surface area contributed by atoms with Crippen LogP contribution in [0.2, 0.25) is 0 Å². The second-order valence-corrected chi connectivity index (χ2v) is 4.30. The highest BCUT2D eigenvalue weighted by atomic mass is 16.5. The van der Waals surface area contributed by atoms with Gasteiger partial charge in [-0.3, -0.25) is 4.79 Å². The van der Waals surface area contributed by atoms with Crippen molar-refractivity contribution >= 4 is 11.6 Å². The van der Waals surface area contributed by atoms with Crippen LogP contribution in [0.25, 0.3) is 0 Å². The van der Waals surface area contributed by atoms with E-state index in [-0.39, 0.29) is 12.5 Å². The van der Waals surface area contributed by atoms with Gasteiger partial charge in [-0.2, -0.15) is 0 Å². The minimum absolute atomic E-state index is 0.0240. The molecule has 1 aromatic rings. The Morgan fingerprint density at radius 2 is 2.32 bits per heavy atom. The minimum atomic E-state index is -0.118. The average Bonchev–Trinajstić information content (AvgIpc) is 2.75. The molecule has 0 aromatic carbocycles. The molecular formula is C13H23N3O3. The number of aromatic nitrogens is 1. The Bertz CT molecular complexity index is 390. The number of nitrogens with zero attached hydrogens (tertiary/aromatic N) is 1. The number of carbonyl (C=O) groups excluding carboxylic acids is 1. The number of aliphatic hydroxyl groups is 1. The van der Waals surface area contributed by atoms with Gasteiger partial charge in [0.1, 0.15) is 5.69 Å². The molecule has 0 bridgehead atoms. The van der Waals surface area contributed by atoms with Crippen LogP contribution < -0.4 is 11.1 Å². The normalized spacial score (nSPS) is 10.6. The number of rotatable bonds is 9. The summed E-state index contributed by atoms with van der Waals surface area (Å²) < 4.78 is 6.98. The van der Waals surface area contributed by atoms with Crippen LogP contribution in [0.1, 0.15) is 30.3 Å². The molecule has 0 saturated carbocycles. The van der Waals surface area contributed by atoms with Crippen molar-refractivity contribution in [1.29, 1.82) is 0 Å². The summed E-state index contributed by atoms with van der Waals surface area (Å²) in [5.41, 5.74) is 6.91. The first-order valence-corrected chi connectivity index (χ1v) is 6.61. The first-order chi connectivity index (χ1) is 9.19. The number of anilines is 1. The molecule has 0 aliphatic rings. The number of nitrogen functional groups attached to an aromatic ring is 1. The number of amides is 1. The number of ether oxygens (including phenoxy) is 1. The van der Waals surface area contributed by atoms with Crippen LogP contribution >= 0.6 is 0 Å². The first-order valence-electron chi connectivity index (χ1n) is 6.61. The van der Waals surface area contributed by atoms with Crippen LogP contribution in [-0.2, 0) is 11.3 Å². The summed E-state index contributed by atoms with van der Waals surface area (Å²) in [6, 6.07) is 1.69. The van der Waals surface area contributed by atoms with Crippen LogP contribution in [-0.4, -0.2) is 41.9 Å². The van der Waals surface area contributed by atoms with Gasteiger partial charge in [-0.25, -0.2) is 0 Å². The quantitative estimate of drug-likeness (QED) is 0.573. The number of hydrogen-bond acceptors (Lipinski definition) is 4. The van der Waals surface area contributed by atoms with Gasteiger partial charge in [0.15, 0.2) is 0 Å². The van der Waals surface area contributed by atoms with Gasteiger partial charge < -0.3 is 25.5 Å². The van der Waals surface area contributed by atoms with Crippen LogP contribution in [0.4, 0.5) is 5.69 Å². The summed E-state index contributed by atoms with van der Waals surface area (Å²) in [6.45, 7) is 4.26. The second-order valence-electron chi connectivity index (χ2n) is 4.30. The lowest BCUT2D eigenvalue weighted by Crippen LogP contribution is -2.27. The van der Waals surface area contributed by atoms with Gasteiger partial charge in [0.2, 0.25) is 0 Å². The summed E-state index contributed by atoms with van der Waals surface area (Å²) in [7, 11) is 0. The van der Waals surface area contributed by atoms with Crippen LogP contribution in [0, 0.1) is 0 Å².